The Morgan fingerprint density at radius 3 is 2.87 bits per heavy atom. The van der Waals surface area contributed by atoms with Crippen LogP contribution in [0, 0.1) is 10.1 Å². The van der Waals surface area contributed by atoms with Gasteiger partial charge in [-0.1, -0.05) is 0 Å². The molecule has 0 N–H and O–H groups in total. The van der Waals surface area contributed by atoms with Gasteiger partial charge in [-0.05, 0) is 13.0 Å². The maximum absolute atomic E-state index is 12.4. The molecule has 3 aromatic rings. The van der Waals surface area contributed by atoms with Crippen LogP contribution in [-0.4, -0.2) is 31.9 Å². The monoisotopic (exact) mass is 314 g/mol. The highest BCUT2D eigenvalue weighted by atomic mass is 16.6. The molecule has 0 unspecified atom stereocenters. The fourth-order valence-corrected chi connectivity index (χ4v) is 2.17. The molecule has 116 valence electrons. The molecule has 23 heavy (non-hydrogen) atoms. The van der Waals surface area contributed by atoms with E-state index in [0.29, 0.717) is 10.9 Å². The number of aromatic nitrogens is 3. The third-order valence-corrected chi connectivity index (χ3v) is 3.23. The van der Waals surface area contributed by atoms with Crippen molar-refractivity contribution in [2.45, 2.75) is 6.92 Å². The van der Waals surface area contributed by atoms with E-state index in [4.69, 9.17) is 4.74 Å². The molecule has 0 saturated heterocycles. The molecule has 3 rings (SSSR count). The van der Waals surface area contributed by atoms with Crippen molar-refractivity contribution in [3.8, 4) is 0 Å². The number of benzene rings is 1. The number of ether oxygens (including phenoxy) is 1. The minimum Gasteiger partial charge on any atom is -0.462 e. The Kier molecular flexibility index (Phi) is 3.45. The molecule has 2 aromatic heterocycles. The highest BCUT2D eigenvalue weighted by molar-refractivity contribution is 5.94. The summed E-state index contributed by atoms with van der Waals surface area (Å²) in [6, 6.07) is 4.07. The molecule has 0 radical (unpaired) electrons. The lowest BCUT2D eigenvalue weighted by atomic mass is 10.2. The summed E-state index contributed by atoms with van der Waals surface area (Å²) in [5.41, 5.74) is -0.385. The molecule has 0 aliphatic carbocycles. The summed E-state index contributed by atoms with van der Waals surface area (Å²) in [5, 5.41) is 11.2. The van der Waals surface area contributed by atoms with E-state index in [1.54, 1.807) is 6.92 Å². The zero-order valence-electron chi connectivity index (χ0n) is 11.9. The van der Waals surface area contributed by atoms with E-state index < -0.39 is 16.5 Å². The van der Waals surface area contributed by atoms with Gasteiger partial charge in [-0.15, -0.1) is 0 Å². The molecular weight excluding hydrogens is 304 g/mol. The molecule has 0 saturated carbocycles. The number of hydrogen-bond acceptors (Lipinski definition) is 7. The van der Waals surface area contributed by atoms with Crippen LogP contribution in [0.15, 0.2) is 35.5 Å². The summed E-state index contributed by atoms with van der Waals surface area (Å²) < 4.78 is 5.86. The lowest BCUT2D eigenvalue weighted by Gasteiger charge is -2.06. The summed E-state index contributed by atoms with van der Waals surface area (Å²) in [5.74, 6) is -0.779. The van der Waals surface area contributed by atoms with E-state index in [1.807, 2.05) is 0 Å². The largest absolute Gasteiger partial charge is 0.462 e. The number of rotatable bonds is 3. The Labute approximate surface area is 128 Å². The van der Waals surface area contributed by atoms with Crippen molar-refractivity contribution in [1.82, 2.24) is 14.4 Å². The first-order valence-corrected chi connectivity index (χ1v) is 6.64. The number of hydrogen-bond donors (Lipinski definition) is 0. The fourth-order valence-electron chi connectivity index (χ4n) is 2.17. The lowest BCUT2D eigenvalue weighted by Crippen LogP contribution is -2.24. The number of nitro groups is 1. The van der Waals surface area contributed by atoms with E-state index in [9.17, 15) is 19.7 Å². The molecule has 1 aromatic carbocycles. The summed E-state index contributed by atoms with van der Waals surface area (Å²) >= 11 is 0. The molecule has 0 fully saturated rings. The van der Waals surface area contributed by atoms with Gasteiger partial charge in [0.2, 0.25) is 0 Å². The van der Waals surface area contributed by atoms with E-state index >= 15 is 0 Å². The van der Waals surface area contributed by atoms with E-state index in [0.717, 1.165) is 10.6 Å². The van der Waals surface area contributed by atoms with Crippen LogP contribution in [0.5, 0.6) is 0 Å². The number of carbonyl (C=O) groups is 1. The number of nitrogens with zero attached hydrogens (tertiary/aromatic N) is 4. The zero-order chi connectivity index (χ0) is 16.6. The number of carbonyl (C=O) groups excluding carboxylic acids is 1. The van der Waals surface area contributed by atoms with Gasteiger partial charge in [0.05, 0.1) is 22.4 Å². The number of non-ortho nitro benzene ring substituents is 1. The second-order valence-electron chi connectivity index (χ2n) is 4.59. The Balaban J connectivity index is 2.31. The average molecular weight is 314 g/mol. The standard InChI is InChI=1S/C14H10N4O5/c1-2-23-14(20)10-6-15-12-9-5-8(18(21)22)3-4-11(9)16-7-17(12)13(10)19/h3-7H,2H2,1H3. The van der Waals surface area contributed by atoms with Crippen molar-refractivity contribution in [3.63, 3.8) is 0 Å². The van der Waals surface area contributed by atoms with Crippen LogP contribution in [0.1, 0.15) is 17.3 Å². The topological polar surface area (TPSA) is 117 Å². The number of nitro benzene ring substituents is 1. The van der Waals surface area contributed by atoms with E-state index in [2.05, 4.69) is 9.97 Å². The Hall–Kier alpha value is -3.36. The average Bonchev–Trinajstić information content (AvgIpc) is 2.54. The number of fused-ring (bicyclic) bond motifs is 3. The molecular formula is C14H10N4O5. The van der Waals surface area contributed by atoms with Crippen LogP contribution in [0.25, 0.3) is 16.6 Å². The van der Waals surface area contributed by atoms with Gasteiger partial charge in [0.25, 0.3) is 11.2 Å². The first-order valence-electron chi connectivity index (χ1n) is 6.64. The second-order valence-corrected chi connectivity index (χ2v) is 4.59. The Morgan fingerprint density at radius 1 is 1.39 bits per heavy atom. The van der Waals surface area contributed by atoms with Crippen LogP contribution in [0.4, 0.5) is 5.69 Å². The normalized spacial score (nSPS) is 10.8. The second kappa shape index (κ2) is 5.44. The summed E-state index contributed by atoms with van der Waals surface area (Å²) in [7, 11) is 0. The maximum Gasteiger partial charge on any atom is 0.345 e. The molecule has 2 heterocycles. The van der Waals surface area contributed by atoms with Crippen molar-refractivity contribution < 1.29 is 14.5 Å². The molecule has 9 nitrogen and oxygen atoms in total. The van der Waals surface area contributed by atoms with Gasteiger partial charge in [0.1, 0.15) is 11.9 Å². The van der Waals surface area contributed by atoms with Crippen molar-refractivity contribution in [1.29, 1.82) is 0 Å². The molecule has 0 bridgehead atoms. The predicted octanol–water partition coefficient (Wildman–Crippen LogP) is 1.33. The first kappa shape index (κ1) is 14.6. The molecule has 0 spiro atoms. The van der Waals surface area contributed by atoms with Crippen LogP contribution in [0.3, 0.4) is 0 Å². The van der Waals surface area contributed by atoms with Gasteiger partial charge < -0.3 is 4.74 Å². The lowest BCUT2D eigenvalue weighted by molar-refractivity contribution is -0.384. The number of esters is 1. The van der Waals surface area contributed by atoms with Crippen LogP contribution >= 0.6 is 0 Å². The van der Waals surface area contributed by atoms with Crippen LogP contribution < -0.4 is 5.56 Å². The molecule has 0 atom stereocenters. The van der Waals surface area contributed by atoms with E-state index in [1.165, 1.54) is 24.5 Å². The third-order valence-electron chi connectivity index (χ3n) is 3.23. The quantitative estimate of drug-likeness (QED) is 0.310. The molecule has 0 aliphatic rings. The molecule has 0 amide bonds. The predicted molar refractivity (Wildman–Crippen MR) is 79.4 cm³/mol. The Bertz CT molecular complexity index is 1010. The summed E-state index contributed by atoms with van der Waals surface area (Å²) in [6.45, 7) is 1.75. The van der Waals surface area contributed by atoms with Crippen molar-refractivity contribution in [2.24, 2.45) is 0 Å². The van der Waals surface area contributed by atoms with Crippen molar-refractivity contribution in [2.75, 3.05) is 6.61 Å². The summed E-state index contributed by atoms with van der Waals surface area (Å²) in [6.07, 6.45) is 2.33. The van der Waals surface area contributed by atoms with Crippen molar-refractivity contribution >= 4 is 28.2 Å². The van der Waals surface area contributed by atoms with Crippen molar-refractivity contribution in [3.05, 3.63) is 56.8 Å². The SMILES string of the molecule is CCOC(=O)c1cnc2c3cc([N+](=O)[O-])ccc3ncn2c1=O. The minimum absolute atomic E-state index is 0.128. The van der Waals surface area contributed by atoms with Gasteiger partial charge in [-0.3, -0.25) is 14.9 Å². The zero-order valence-corrected chi connectivity index (χ0v) is 11.9. The fraction of sp³-hybridized carbons (Fsp3) is 0.143. The van der Waals surface area contributed by atoms with E-state index in [-0.39, 0.29) is 23.5 Å². The van der Waals surface area contributed by atoms with Gasteiger partial charge in [0, 0.05) is 18.3 Å². The molecule has 9 heteroatoms. The van der Waals surface area contributed by atoms with Crippen LogP contribution in [0.2, 0.25) is 0 Å². The minimum atomic E-state index is -0.779. The highest BCUT2D eigenvalue weighted by Crippen LogP contribution is 2.21. The van der Waals surface area contributed by atoms with Gasteiger partial charge in [-0.25, -0.2) is 19.2 Å². The summed E-state index contributed by atoms with van der Waals surface area (Å²) in [4.78, 5) is 42.6. The highest BCUT2D eigenvalue weighted by Gasteiger charge is 2.17. The van der Waals surface area contributed by atoms with Gasteiger partial charge >= 0.3 is 5.97 Å². The smallest absolute Gasteiger partial charge is 0.345 e. The van der Waals surface area contributed by atoms with Crippen LogP contribution in [-0.2, 0) is 4.74 Å². The first-order chi connectivity index (χ1) is 11.0. The Morgan fingerprint density at radius 2 is 2.17 bits per heavy atom. The van der Waals surface area contributed by atoms with Gasteiger partial charge in [-0.2, -0.15) is 0 Å². The third kappa shape index (κ3) is 2.37. The molecule has 0 aliphatic heterocycles. The van der Waals surface area contributed by atoms with Gasteiger partial charge in [0.15, 0.2) is 5.65 Å². The maximum atomic E-state index is 12.4.